The molecule has 1 aliphatic heterocycles. The molecule has 1 N–H and O–H groups in total. The largest absolute Gasteiger partial charge is 0.492 e. The Bertz CT molecular complexity index is 782. The number of benzene rings is 1. The molecule has 0 fully saturated rings. The second kappa shape index (κ2) is 7.97. The van der Waals surface area contributed by atoms with Gasteiger partial charge in [-0.3, -0.25) is 4.79 Å². The number of thiazole rings is 1. The van der Waals surface area contributed by atoms with Crippen molar-refractivity contribution in [1.29, 1.82) is 0 Å². The van der Waals surface area contributed by atoms with Crippen molar-refractivity contribution in [3.05, 3.63) is 44.4 Å². The molecule has 0 saturated heterocycles. The second-order valence-electron chi connectivity index (χ2n) is 7.04. The molecule has 1 aromatic heterocycles. The van der Waals surface area contributed by atoms with Crippen molar-refractivity contribution in [2.24, 2.45) is 5.92 Å². The van der Waals surface area contributed by atoms with Gasteiger partial charge in [0.1, 0.15) is 12.4 Å². The Morgan fingerprint density at radius 3 is 3.12 bits per heavy atom. The molecule has 4 nitrogen and oxygen atoms in total. The third kappa shape index (κ3) is 4.04. The fourth-order valence-electron chi connectivity index (χ4n) is 3.64. The van der Waals surface area contributed by atoms with Crippen LogP contribution in [-0.2, 0) is 30.5 Å². The van der Waals surface area contributed by atoms with E-state index in [1.54, 1.807) is 0 Å². The van der Waals surface area contributed by atoms with Crippen molar-refractivity contribution in [2.45, 2.75) is 44.9 Å². The van der Waals surface area contributed by atoms with Gasteiger partial charge in [-0.05, 0) is 62.3 Å². The van der Waals surface area contributed by atoms with E-state index in [-0.39, 0.29) is 11.8 Å². The summed E-state index contributed by atoms with van der Waals surface area (Å²) >= 11 is 7.90. The Morgan fingerprint density at radius 2 is 2.23 bits per heavy atom. The van der Waals surface area contributed by atoms with E-state index in [1.807, 2.05) is 29.5 Å². The van der Waals surface area contributed by atoms with Gasteiger partial charge in [0.2, 0.25) is 5.91 Å². The average Bonchev–Trinajstić information content (AvgIpc) is 3.07. The Hall–Kier alpha value is -1.59. The maximum Gasteiger partial charge on any atom is 0.226 e. The van der Waals surface area contributed by atoms with Crippen LogP contribution in [0.1, 0.15) is 40.4 Å². The van der Waals surface area contributed by atoms with Crippen LogP contribution in [0, 0.1) is 5.92 Å². The van der Waals surface area contributed by atoms with Crippen LogP contribution in [-0.4, -0.2) is 24.0 Å². The van der Waals surface area contributed by atoms with E-state index >= 15 is 0 Å². The molecule has 1 amide bonds. The number of carbonyl (C=O) groups is 1. The summed E-state index contributed by atoms with van der Waals surface area (Å²) in [6.45, 7) is 1.11. The number of hydrogen-bond acceptors (Lipinski definition) is 4. The van der Waals surface area contributed by atoms with Crippen LogP contribution in [0.25, 0.3) is 0 Å². The molecule has 138 valence electrons. The van der Waals surface area contributed by atoms with Gasteiger partial charge in [0.15, 0.2) is 0 Å². The summed E-state index contributed by atoms with van der Waals surface area (Å²) in [6, 6.07) is 5.58. The molecule has 26 heavy (non-hydrogen) atoms. The summed E-state index contributed by atoms with van der Waals surface area (Å²) in [6.07, 6.45) is 7.44. The lowest BCUT2D eigenvalue weighted by Crippen LogP contribution is -2.37. The summed E-state index contributed by atoms with van der Waals surface area (Å²) in [5.41, 5.74) is 2.33. The number of rotatable bonds is 5. The minimum absolute atomic E-state index is 0.0639. The van der Waals surface area contributed by atoms with Crippen LogP contribution in [0.15, 0.2) is 18.2 Å². The molecular formula is C20H23ClN2O2S. The number of aryl methyl sites for hydroxylation is 3. The van der Waals surface area contributed by atoms with Crippen LogP contribution in [0.2, 0.25) is 5.02 Å². The second-order valence-corrected chi connectivity index (χ2v) is 8.65. The fraction of sp³-hybridized carbons (Fsp3) is 0.500. The zero-order chi connectivity index (χ0) is 17.9. The van der Waals surface area contributed by atoms with E-state index < -0.39 is 0 Å². The monoisotopic (exact) mass is 390 g/mol. The molecule has 1 unspecified atom stereocenters. The first-order valence-electron chi connectivity index (χ1n) is 9.35. The quantitative estimate of drug-likeness (QED) is 0.786. The van der Waals surface area contributed by atoms with Crippen LogP contribution in [0.4, 0.5) is 0 Å². The lowest BCUT2D eigenvalue weighted by atomic mass is 9.96. The highest BCUT2D eigenvalue weighted by Gasteiger charge is 2.26. The fourth-order valence-corrected chi connectivity index (χ4v) is 5.03. The van der Waals surface area contributed by atoms with Crippen molar-refractivity contribution < 1.29 is 9.53 Å². The summed E-state index contributed by atoms with van der Waals surface area (Å²) in [4.78, 5) is 18.7. The number of nitrogens with one attached hydrogen (secondary N) is 1. The van der Waals surface area contributed by atoms with E-state index in [0.29, 0.717) is 24.6 Å². The third-order valence-electron chi connectivity index (χ3n) is 5.06. The highest BCUT2D eigenvalue weighted by atomic mass is 35.5. The minimum atomic E-state index is -0.145. The predicted octanol–water partition coefficient (Wildman–Crippen LogP) is 3.98. The van der Waals surface area contributed by atoms with Crippen molar-refractivity contribution in [3.8, 4) is 5.75 Å². The van der Waals surface area contributed by atoms with Gasteiger partial charge in [0.05, 0.1) is 16.6 Å². The number of halogens is 1. The first kappa shape index (κ1) is 17.8. The number of fused-ring (bicyclic) bond motifs is 2. The van der Waals surface area contributed by atoms with Crippen molar-refractivity contribution in [3.63, 3.8) is 0 Å². The van der Waals surface area contributed by atoms with Crippen LogP contribution >= 0.6 is 22.9 Å². The summed E-state index contributed by atoms with van der Waals surface area (Å²) in [5.74, 6) is 0.758. The average molecular weight is 391 g/mol. The Labute approximate surface area is 162 Å². The number of aromatic nitrogens is 1. The molecule has 0 radical (unpaired) electrons. The molecule has 4 rings (SSSR count). The Balaban J connectivity index is 1.24. The molecule has 2 heterocycles. The molecule has 0 spiro atoms. The molecule has 6 heteroatoms. The smallest absolute Gasteiger partial charge is 0.226 e. The normalized spacial score (nSPS) is 18.6. The zero-order valence-electron chi connectivity index (χ0n) is 14.7. The molecule has 0 saturated carbocycles. The zero-order valence-corrected chi connectivity index (χ0v) is 16.3. The maximum absolute atomic E-state index is 12.4. The van der Waals surface area contributed by atoms with E-state index in [9.17, 15) is 4.79 Å². The lowest BCUT2D eigenvalue weighted by molar-refractivity contribution is -0.126. The Morgan fingerprint density at radius 1 is 1.35 bits per heavy atom. The SMILES string of the molecule is O=C(NCCCc1nc2c(s1)CCCC2)C1COc2ccc(Cl)cc2C1. The lowest BCUT2D eigenvalue weighted by Gasteiger charge is -2.24. The van der Waals surface area contributed by atoms with E-state index in [0.717, 1.165) is 30.6 Å². The number of nitrogens with zero attached hydrogens (tertiary/aromatic N) is 1. The topological polar surface area (TPSA) is 51.2 Å². The molecule has 0 bridgehead atoms. The summed E-state index contributed by atoms with van der Waals surface area (Å²) in [5, 5.41) is 4.95. The van der Waals surface area contributed by atoms with Gasteiger partial charge < -0.3 is 10.1 Å². The van der Waals surface area contributed by atoms with Gasteiger partial charge in [-0.15, -0.1) is 11.3 Å². The molecule has 1 aliphatic carbocycles. The standard InChI is InChI=1S/C20H23ClN2O2S/c21-15-7-8-17-13(11-15)10-14(12-25-17)20(24)22-9-3-6-19-23-16-4-1-2-5-18(16)26-19/h7-8,11,14H,1-6,9-10,12H2,(H,22,24). The van der Waals surface area contributed by atoms with Gasteiger partial charge in [-0.2, -0.15) is 0 Å². The van der Waals surface area contributed by atoms with Gasteiger partial charge in [0.25, 0.3) is 0 Å². The molecule has 1 aromatic carbocycles. The molecule has 2 aliphatic rings. The van der Waals surface area contributed by atoms with E-state index in [4.69, 9.17) is 21.3 Å². The molecule has 2 aromatic rings. The van der Waals surface area contributed by atoms with Crippen molar-refractivity contribution >= 4 is 28.8 Å². The minimum Gasteiger partial charge on any atom is -0.492 e. The number of ether oxygens (including phenoxy) is 1. The van der Waals surface area contributed by atoms with E-state index in [2.05, 4.69) is 5.32 Å². The number of carbonyl (C=O) groups excluding carboxylic acids is 1. The molecule has 1 atom stereocenters. The first-order valence-corrected chi connectivity index (χ1v) is 10.5. The van der Waals surface area contributed by atoms with Crippen LogP contribution in [0.5, 0.6) is 5.75 Å². The Kier molecular flexibility index (Phi) is 5.46. The van der Waals surface area contributed by atoms with Crippen LogP contribution in [0.3, 0.4) is 0 Å². The maximum atomic E-state index is 12.4. The third-order valence-corrected chi connectivity index (χ3v) is 6.51. The van der Waals surface area contributed by atoms with E-state index in [1.165, 1.54) is 34.8 Å². The first-order chi connectivity index (χ1) is 12.7. The van der Waals surface area contributed by atoms with Gasteiger partial charge in [0, 0.05) is 22.9 Å². The predicted molar refractivity (Wildman–Crippen MR) is 104 cm³/mol. The van der Waals surface area contributed by atoms with Gasteiger partial charge in [-0.1, -0.05) is 11.6 Å². The number of amides is 1. The van der Waals surface area contributed by atoms with Gasteiger partial charge >= 0.3 is 0 Å². The molecular weight excluding hydrogens is 368 g/mol. The number of hydrogen-bond donors (Lipinski definition) is 1. The summed E-state index contributed by atoms with van der Waals surface area (Å²) < 4.78 is 5.71. The van der Waals surface area contributed by atoms with Crippen LogP contribution < -0.4 is 10.1 Å². The highest BCUT2D eigenvalue weighted by Crippen LogP contribution is 2.30. The van der Waals surface area contributed by atoms with Gasteiger partial charge in [-0.25, -0.2) is 4.98 Å². The highest BCUT2D eigenvalue weighted by molar-refractivity contribution is 7.11. The van der Waals surface area contributed by atoms with Crippen molar-refractivity contribution in [2.75, 3.05) is 13.2 Å². The van der Waals surface area contributed by atoms with Crippen molar-refractivity contribution in [1.82, 2.24) is 10.3 Å². The summed E-state index contributed by atoms with van der Waals surface area (Å²) in [7, 11) is 0.